The fraction of sp³-hybridized carbons (Fsp3) is 0.875. The van der Waals surface area contributed by atoms with Crippen LogP contribution in [0.3, 0.4) is 0 Å². The van der Waals surface area contributed by atoms with Crippen molar-refractivity contribution in [3.8, 4) is 0 Å². The minimum atomic E-state index is -4.20. The van der Waals surface area contributed by atoms with Gasteiger partial charge in [0, 0.05) is 13.0 Å². The van der Waals surface area contributed by atoms with Crippen LogP contribution in [0.1, 0.15) is 26.2 Å². The molecular weight excluding hydrogens is 277 g/mol. The van der Waals surface area contributed by atoms with E-state index >= 15 is 0 Å². The monoisotopic (exact) mass is 292 g/mol. The largest absolute Gasteiger partial charge is 0.392 e. The predicted molar refractivity (Wildman–Crippen MR) is 63.1 cm³/mol. The summed E-state index contributed by atoms with van der Waals surface area (Å²) in [5, 5.41) is -1.03. The highest BCUT2D eigenvalue weighted by atomic mass is 32.2. The molecule has 0 spiro atoms. The number of nitrogens with two attached hydrogens (primary N) is 1. The molecule has 4 nitrogen and oxygen atoms in total. The standard InChI is InChI=1S/C8H15F3N2O2S2/c1-6(7(12)16)17(14,15)13-5-3-2-4-8(9,10)11/h6,13H,2-5H2,1H3,(H2,12,16). The fourth-order valence-electron chi connectivity index (χ4n) is 0.943. The number of halogens is 3. The summed E-state index contributed by atoms with van der Waals surface area (Å²) in [5.74, 6) is 0. The predicted octanol–water partition coefficient (Wildman–Crippen LogP) is 1.31. The van der Waals surface area contributed by atoms with Gasteiger partial charge in [0.15, 0.2) is 0 Å². The highest BCUT2D eigenvalue weighted by Gasteiger charge is 2.26. The summed E-state index contributed by atoms with van der Waals surface area (Å²) in [7, 11) is -3.67. The van der Waals surface area contributed by atoms with Crippen molar-refractivity contribution in [1.82, 2.24) is 4.72 Å². The third-order valence-corrected chi connectivity index (χ3v) is 4.35. The number of rotatable bonds is 7. The number of nitrogens with one attached hydrogen (secondary N) is 1. The van der Waals surface area contributed by atoms with Gasteiger partial charge in [-0.3, -0.25) is 0 Å². The van der Waals surface area contributed by atoms with Crippen molar-refractivity contribution in [2.24, 2.45) is 5.73 Å². The second-order valence-corrected chi connectivity index (χ2v) is 6.11. The first-order valence-electron chi connectivity index (χ1n) is 4.91. The van der Waals surface area contributed by atoms with Gasteiger partial charge in [0.25, 0.3) is 0 Å². The maximum absolute atomic E-state index is 11.8. The molecule has 0 aromatic heterocycles. The molecule has 0 fully saturated rings. The summed E-state index contributed by atoms with van der Waals surface area (Å²) in [5.41, 5.74) is 5.17. The summed E-state index contributed by atoms with van der Waals surface area (Å²) in [4.78, 5) is -0.173. The summed E-state index contributed by atoms with van der Waals surface area (Å²) in [6.45, 7) is 1.27. The maximum atomic E-state index is 11.8. The van der Waals surface area contributed by atoms with E-state index < -0.39 is 27.9 Å². The lowest BCUT2D eigenvalue weighted by Gasteiger charge is -2.12. The second kappa shape index (κ2) is 6.50. The van der Waals surface area contributed by atoms with Gasteiger partial charge in [-0.05, 0) is 19.8 Å². The fourth-order valence-corrected chi connectivity index (χ4v) is 2.31. The molecule has 0 saturated carbocycles. The first-order valence-corrected chi connectivity index (χ1v) is 6.86. The molecule has 0 amide bonds. The highest BCUT2D eigenvalue weighted by Crippen LogP contribution is 2.21. The highest BCUT2D eigenvalue weighted by molar-refractivity contribution is 7.93. The lowest BCUT2D eigenvalue weighted by Crippen LogP contribution is -2.40. The van der Waals surface area contributed by atoms with Crippen LogP contribution in [-0.4, -0.2) is 31.4 Å². The minimum absolute atomic E-state index is 0.0502. The van der Waals surface area contributed by atoms with E-state index in [9.17, 15) is 21.6 Å². The topological polar surface area (TPSA) is 72.2 Å². The molecule has 0 aliphatic heterocycles. The number of alkyl halides is 3. The summed E-state index contributed by atoms with van der Waals surface area (Å²) in [6, 6.07) is 0. The van der Waals surface area contributed by atoms with E-state index in [-0.39, 0.29) is 24.4 Å². The van der Waals surface area contributed by atoms with Crippen LogP contribution in [0.15, 0.2) is 0 Å². The number of sulfonamides is 1. The number of hydrogen-bond donors (Lipinski definition) is 2. The molecule has 9 heteroatoms. The zero-order valence-corrected chi connectivity index (χ0v) is 10.9. The zero-order valence-electron chi connectivity index (χ0n) is 9.25. The SMILES string of the molecule is CC(C(N)=S)S(=O)(=O)NCCCCC(F)(F)F. The van der Waals surface area contributed by atoms with Crippen LogP contribution >= 0.6 is 12.2 Å². The molecule has 3 N–H and O–H groups in total. The van der Waals surface area contributed by atoms with Crippen molar-refractivity contribution in [2.45, 2.75) is 37.6 Å². The Bertz CT molecular complexity index is 354. The van der Waals surface area contributed by atoms with Gasteiger partial charge in [0.2, 0.25) is 10.0 Å². The van der Waals surface area contributed by atoms with Gasteiger partial charge >= 0.3 is 6.18 Å². The molecule has 102 valence electrons. The average Bonchev–Trinajstić information content (AvgIpc) is 2.13. The smallest absolute Gasteiger partial charge is 0.389 e. The Morgan fingerprint density at radius 3 is 2.35 bits per heavy atom. The van der Waals surface area contributed by atoms with Crippen molar-refractivity contribution in [3.63, 3.8) is 0 Å². The maximum Gasteiger partial charge on any atom is 0.389 e. The zero-order chi connectivity index (χ0) is 13.7. The molecule has 0 aliphatic carbocycles. The first kappa shape index (κ1) is 16.6. The molecule has 0 aliphatic rings. The Morgan fingerprint density at radius 2 is 1.94 bits per heavy atom. The summed E-state index contributed by atoms with van der Waals surface area (Å²) >= 11 is 4.53. The van der Waals surface area contributed by atoms with Gasteiger partial charge in [0.05, 0.1) is 4.99 Å². The molecule has 0 radical (unpaired) electrons. The van der Waals surface area contributed by atoms with E-state index in [0.717, 1.165) is 0 Å². The minimum Gasteiger partial charge on any atom is -0.392 e. The molecule has 1 unspecified atom stereocenters. The van der Waals surface area contributed by atoms with E-state index in [2.05, 4.69) is 16.9 Å². The first-order chi connectivity index (χ1) is 7.56. The molecule has 0 saturated heterocycles. The average molecular weight is 292 g/mol. The normalized spacial score (nSPS) is 14.6. The molecule has 0 rings (SSSR count). The van der Waals surface area contributed by atoms with E-state index in [4.69, 9.17) is 5.73 Å². The quantitative estimate of drug-likeness (QED) is 0.548. The molecule has 0 aromatic carbocycles. The van der Waals surface area contributed by atoms with Crippen molar-refractivity contribution < 1.29 is 21.6 Å². The van der Waals surface area contributed by atoms with E-state index in [1.165, 1.54) is 6.92 Å². The van der Waals surface area contributed by atoms with Crippen LogP contribution < -0.4 is 10.5 Å². The van der Waals surface area contributed by atoms with Gasteiger partial charge < -0.3 is 5.73 Å². The number of hydrogen-bond acceptors (Lipinski definition) is 3. The Kier molecular flexibility index (Phi) is 6.35. The van der Waals surface area contributed by atoms with Gasteiger partial charge in [-0.2, -0.15) is 13.2 Å². The second-order valence-electron chi connectivity index (χ2n) is 3.56. The van der Waals surface area contributed by atoms with Gasteiger partial charge in [-0.25, -0.2) is 13.1 Å². The lowest BCUT2D eigenvalue weighted by molar-refractivity contribution is -0.135. The van der Waals surface area contributed by atoms with Crippen LogP contribution in [-0.2, 0) is 10.0 Å². The molecule has 17 heavy (non-hydrogen) atoms. The number of unbranched alkanes of at least 4 members (excludes halogenated alkanes) is 1. The van der Waals surface area contributed by atoms with Crippen molar-refractivity contribution in [3.05, 3.63) is 0 Å². The van der Waals surface area contributed by atoms with E-state index in [1.54, 1.807) is 0 Å². The van der Waals surface area contributed by atoms with Gasteiger partial charge in [-0.1, -0.05) is 12.2 Å². The van der Waals surface area contributed by atoms with Gasteiger partial charge in [0.1, 0.15) is 5.25 Å². The third kappa shape index (κ3) is 7.50. The van der Waals surface area contributed by atoms with Crippen LogP contribution in [0.2, 0.25) is 0 Å². The van der Waals surface area contributed by atoms with Crippen LogP contribution in [0.4, 0.5) is 13.2 Å². The van der Waals surface area contributed by atoms with Crippen LogP contribution in [0.5, 0.6) is 0 Å². The molecule has 0 bridgehead atoms. The van der Waals surface area contributed by atoms with E-state index in [1.807, 2.05) is 0 Å². The van der Waals surface area contributed by atoms with Crippen LogP contribution in [0.25, 0.3) is 0 Å². The summed E-state index contributed by atoms with van der Waals surface area (Å²) < 4.78 is 60.4. The Morgan fingerprint density at radius 1 is 1.41 bits per heavy atom. The van der Waals surface area contributed by atoms with Crippen LogP contribution in [0, 0.1) is 0 Å². The van der Waals surface area contributed by atoms with Gasteiger partial charge in [-0.15, -0.1) is 0 Å². The van der Waals surface area contributed by atoms with Crippen molar-refractivity contribution in [2.75, 3.05) is 6.54 Å². The Labute approximate surface area is 104 Å². The summed E-state index contributed by atoms with van der Waals surface area (Å²) in [6.07, 6.45) is -5.12. The van der Waals surface area contributed by atoms with Crippen molar-refractivity contribution in [1.29, 1.82) is 0 Å². The molecule has 0 heterocycles. The Hall–Kier alpha value is -0.410. The lowest BCUT2D eigenvalue weighted by atomic mass is 10.2. The number of thiocarbonyl (C=S) groups is 1. The molecular formula is C8H15F3N2O2S2. The Balaban J connectivity index is 3.94. The van der Waals surface area contributed by atoms with E-state index in [0.29, 0.717) is 0 Å². The van der Waals surface area contributed by atoms with Crippen molar-refractivity contribution >= 4 is 27.2 Å². The third-order valence-electron chi connectivity index (χ3n) is 2.06. The molecule has 1 atom stereocenters. The molecule has 0 aromatic rings.